The zero-order valence-electron chi connectivity index (χ0n) is 13.7. The first kappa shape index (κ1) is 19.7. The van der Waals surface area contributed by atoms with Gasteiger partial charge in [-0.1, -0.05) is 23.2 Å². The Morgan fingerprint density at radius 1 is 1.12 bits per heavy atom. The molecule has 2 N–H and O–H groups in total. The topological polar surface area (TPSA) is 97.4 Å². The van der Waals surface area contributed by atoms with Crippen LogP contribution < -0.4 is 10.6 Å². The molecular weight excluding hydrogens is 381 g/mol. The number of pyridine rings is 1. The van der Waals surface area contributed by atoms with Crippen LogP contribution in [0.4, 0.5) is 5.69 Å². The van der Waals surface area contributed by atoms with Gasteiger partial charge in [0.2, 0.25) is 0 Å². The first-order valence-corrected chi connectivity index (χ1v) is 8.26. The van der Waals surface area contributed by atoms with E-state index in [0.29, 0.717) is 15.7 Å². The maximum absolute atomic E-state index is 12.0. The lowest BCUT2D eigenvalue weighted by atomic mass is 10.3. The van der Waals surface area contributed by atoms with Crippen molar-refractivity contribution in [3.05, 3.63) is 58.3 Å². The lowest BCUT2D eigenvalue weighted by molar-refractivity contribution is -0.152. The Balaban J connectivity index is 1.80. The van der Waals surface area contributed by atoms with Crippen LogP contribution in [0.1, 0.15) is 17.4 Å². The highest BCUT2D eigenvalue weighted by atomic mass is 35.5. The van der Waals surface area contributed by atoms with Crippen LogP contribution in [0.25, 0.3) is 0 Å². The van der Waals surface area contributed by atoms with Gasteiger partial charge in [0, 0.05) is 21.9 Å². The molecule has 9 heteroatoms. The number of esters is 1. The number of hydrogen-bond acceptors (Lipinski definition) is 5. The van der Waals surface area contributed by atoms with Crippen molar-refractivity contribution >= 4 is 46.7 Å². The van der Waals surface area contributed by atoms with Crippen LogP contribution in [0.3, 0.4) is 0 Å². The van der Waals surface area contributed by atoms with E-state index >= 15 is 0 Å². The standard InChI is InChI=1S/C17H15Cl2N3O4/c1-10(16(24)22-13-4-2-11(18)3-5-13)26-15(23)9-21-17(25)14-8-12(19)6-7-20-14/h2-8,10H,9H2,1H3,(H,21,25)(H,22,24)/t10-/m0/s1. The number of carbonyl (C=O) groups excluding carboxylic acids is 3. The number of nitrogens with one attached hydrogen (secondary N) is 2. The molecule has 0 spiro atoms. The van der Waals surface area contributed by atoms with Crippen LogP contribution in [-0.2, 0) is 14.3 Å². The second-order valence-electron chi connectivity index (χ2n) is 5.17. The highest BCUT2D eigenvalue weighted by molar-refractivity contribution is 6.31. The van der Waals surface area contributed by atoms with Gasteiger partial charge in [0.25, 0.3) is 11.8 Å². The van der Waals surface area contributed by atoms with Gasteiger partial charge in [-0.05, 0) is 43.3 Å². The highest BCUT2D eigenvalue weighted by Crippen LogP contribution is 2.14. The molecule has 136 valence electrons. The number of anilines is 1. The summed E-state index contributed by atoms with van der Waals surface area (Å²) in [7, 11) is 0. The predicted octanol–water partition coefficient (Wildman–Crippen LogP) is 2.69. The number of aromatic nitrogens is 1. The number of ether oxygens (including phenoxy) is 1. The number of nitrogens with zero attached hydrogens (tertiary/aromatic N) is 1. The molecule has 2 amide bonds. The van der Waals surface area contributed by atoms with Crippen LogP contribution in [0.2, 0.25) is 10.0 Å². The maximum Gasteiger partial charge on any atom is 0.326 e. The van der Waals surface area contributed by atoms with E-state index in [1.54, 1.807) is 24.3 Å². The fourth-order valence-electron chi connectivity index (χ4n) is 1.84. The zero-order valence-corrected chi connectivity index (χ0v) is 15.2. The van der Waals surface area contributed by atoms with Crippen molar-refractivity contribution in [2.75, 3.05) is 11.9 Å². The first-order chi connectivity index (χ1) is 12.3. The van der Waals surface area contributed by atoms with Gasteiger partial charge in [-0.25, -0.2) is 0 Å². The monoisotopic (exact) mass is 395 g/mol. The van der Waals surface area contributed by atoms with Gasteiger partial charge in [0.15, 0.2) is 6.10 Å². The average Bonchev–Trinajstić information content (AvgIpc) is 2.61. The largest absolute Gasteiger partial charge is 0.451 e. The molecule has 0 fully saturated rings. The normalized spacial score (nSPS) is 11.3. The van der Waals surface area contributed by atoms with E-state index in [1.807, 2.05) is 0 Å². The van der Waals surface area contributed by atoms with Crippen molar-refractivity contribution in [2.24, 2.45) is 0 Å². The molecule has 7 nitrogen and oxygen atoms in total. The molecular formula is C17H15Cl2N3O4. The van der Waals surface area contributed by atoms with Crippen LogP contribution in [0.5, 0.6) is 0 Å². The van der Waals surface area contributed by atoms with E-state index in [2.05, 4.69) is 15.6 Å². The van der Waals surface area contributed by atoms with E-state index in [0.717, 1.165) is 0 Å². The number of halogens is 2. The molecule has 0 saturated carbocycles. The minimum absolute atomic E-state index is 0.0684. The van der Waals surface area contributed by atoms with Crippen LogP contribution in [-0.4, -0.2) is 35.4 Å². The summed E-state index contributed by atoms with van der Waals surface area (Å²) in [4.78, 5) is 39.5. The summed E-state index contributed by atoms with van der Waals surface area (Å²) in [5, 5.41) is 5.81. The molecule has 0 radical (unpaired) electrons. The van der Waals surface area contributed by atoms with Crippen molar-refractivity contribution in [1.82, 2.24) is 10.3 Å². The summed E-state index contributed by atoms with van der Waals surface area (Å²) in [6.07, 6.45) is 0.332. The molecule has 0 unspecified atom stereocenters. The van der Waals surface area contributed by atoms with Crippen molar-refractivity contribution < 1.29 is 19.1 Å². The molecule has 0 saturated heterocycles. The van der Waals surface area contributed by atoms with E-state index in [4.69, 9.17) is 27.9 Å². The number of benzene rings is 1. The molecule has 1 heterocycles. The predicted molar refractivity (Wildman–Crippen MR) is 97.2 cm³/mol. The lowest BCUT2D eigenvalue weighted by Gasteiger charge is -2.14. The molecule has 1 aromatic carbocycles. The Morgan fingerprint density at radius 3 is 2.46 bits per heavy atom. The second-order valence-corrected chi connectivity index (χ2v) is 6.04. The van der Waals surface area contributed by atoms with Gasteiger partial charge in [0.05, 0.1) is 0 Å². The summed E-state index contributed by atoms with van der Waals surface area (Å²) < 4.78 is 4.98. The summed E-state index contributed by atoms with van der Waals surface area (Å²) in [6.45, 7) is 1.01. The van der Waals surface area contributed by atoms with Crippen LogP contribution in [0.15, 0.2) is 42.6 Å². The molecule has 1 aromatic heterocycles. The Labute approximate surface area is 159 Å². The third-order valence-corrected chi connectivity index (χ3v) is 3.62. The van der Waals surface area contributed by atoms with E-state index in [-0.39, 0.29) is 5.69 Å². The first-order valence-electron chi connectivity index (χ1n) is 7.51. The Bertz CT molecular complexity index is 812. The van der Waals surface area contributed by atoms with Gasteiger partial charge in [-0.2, -0.15) is 0 Å². The minimum Gasteiger partial charge on any atom is -0.451 e. The Kier molecular flexibility index (Phi) is 6.94. The molecule has 0 aliphatic carbocycles. The molecule has 26 heavy (non-hydrogen) atoms. The van der Waals surface area contributed by atoms with E-state index in [1.165, 1.54) is 25.3 Å². The Morgan fingerprint density at radius 2 is 1.81 bits per heavy atom. The summed E-state index contributed by atoms with van der Waals surface area (Å²) >= 11 is 11.5. The summed E-state index contributed by atoms with van der Waals surface area (Å²) in [6, 6.07) is 9.36. The fraction of sp³-hybridized carbons (Fsp3) is 0.176. The minimum atomic E-state index is -1.04. The molecule has 0 aliphatic heterocycles. The summed E-state index contributed by atoms with van der Waals surface area (Å²) in [5.41, 5.74) is 0.585. The smallest absolute Gasteiger partial charge is 0.326 e. The quantitative estimate of drug-likeness (QED) is 0.732. The Hall–Kier alpha value is -2.64. The third kappa shape index (κ3) is 6.02. The van der Waals surface area contributed by atoms with Crippen molar-refractivity contribution in [2.45, 2.75) is 13.0 Å². The maximum atomic E-state index is 12.0. The van der Waals surface area contributed by atoms with Crippen molar-refractivity contribution in [3.8, 4) is 0 Å². The van der Waals surface area contributed by atoms with E-state index in [9.17, 15) is 14.4 Å². The number of rotatable bonds is 6. The second kappa shape index (κ2) is 9.17. The molecule has 2 rings (SSSR count). The van der Waals surface area contributed by atoms with Crippen LogP contribution >= 0.6 is 23.2 Å². The molecule has 1 atom stereocenters. The summed E-state index contributed by atoms with van der Waals surface area (Å²) in [5.74, 6) is -1.86. The van der Waals surface area contributed by atoms with Crippen molar-refractivity contribution in [3.63, 3.8) is 0 Å². The number of carbonyl (C=O) groups is 3. The fourth-order valence-corrected chi connectivity index (χ4v) is 2.13. The van der Waals surface area contributed by atoms with Gasteiger partial charge < -0.3 is 15.4 Å². The molecule has 0 bridgehead atoms. The van der Waals surface area contributed by atoms with E-state index < -0.39 is 30.4 Å². The number of amides is 2. The van der Waals surface area contributed by atoms with Crippen LogP contribution in [0, 0.1) is 0 Å². The molecule has 2 aromatic rings. The van der Waals surface area contributed by atoms with Gasteiger partial charge in [0.1, 0.15) is 12.2 Å². The zero-order chi connectivity index (χ0) is 19.1. The van der Waals surface area contributed by atoms with Gasteiger partial charge >= 0.3 is 5.97 Å². The SMILES string of the molecule is C[C@H](OC(=O)CNC(=O)c1cc(Cl)ccn1)C(=O)Nc1ccc(Cl)cc1. The number of hydrogen-bond donors (Lipinski definition) is 2. The highest BCUT2D eigenvalue weighted by Gasteiger charge is 2.19. The average molecular weight is 396 g/mol. The third-order valence-electron chi connectivity index (χ3n) is 3.14. The molecule has 0 aliphatic rings. The van der Waals surface area contributed by atoms with Gasteiger partial charge in [-0.3, -0.25) is 19.4 Å². The van der Waals surface area contributed by atoms with Gasteiger partial charge in [-0.15, -0.1) is 0 Å². The van der Waals surface area contributed by atoms with Crippen molar-refractivity contribution in [1.29, 1.82) is 0 Å². The lowest BCUT2D eigenvalue weighted by Crippen LogP contribution is -2.36.